The molecule has 0 unspecified atom stereocenters. The molecule has 2 aromatic rings. The zero-order valence-electron chi connectivity index (χ0n) is 9.07. The molecule has 0 saturated heterocycles. The first-order valence-electron chi connectivity index (χ1n) is 4.84. The van der Waals surface area contributed by atoms with Gasteiger partial charge in [0.2, 0.25) is 0 Å². The predicted molar refractivity (Wildman–Crippen MR) is 63.8 cm³/mol. The molecule has 4 heteroatoms. The number of ether oxygens (including phenoxy) is 1. The lowest BCUT2D eigenvalue weighted by Crippen LogP contribution is -1.92. The van der Waals surface area contributed by atoms with Crippen molar-refractivity contribution in [3.05, 3.63) is 41.3 Å². The molecule has 0 aromatic carbocycles. The van der Waals surface area contributed by atoms with Crippen LogP contribution in [0, 0.1) is 6.92 Å². The first-order chi connectivity index (χ1) is 7.72. The molecule has 2 heterocycles. The highest BCUT2D eigenvalue weighted by Crippen LogP contribution is 2.29. The first-order valence-corrected chi connectivity index (χ1v) is 5.21. The third-order valence-corrected chi connectivity index (χ3v) is 2.60. The van der Waals surface area contributed by atoms with Crippen molar-refractivity contribution in [1.29, 1.82) is 0 Å². The Balaban J connectivity index is 2.53. The van der Waals surface area contributed by atoms with Crippen molar-refractivity contribution < 1.29 is 4.74 Å². The highest BCUT2D eigenvalue weighted by atomic mass is 35.5. The summed E-state index contributed by atoms with van der Waals surface area (Å²) in [6.45, 7) is 1.93. The monoisotopic (exact) mass is 234 g/mol. The largest absolute Gasteiger partial charge is 0.495 e. The summed E-state index contributed by atoms with van der Waals surface area (Å²) < 4.78 is 5.05. The lowest BCUT2D eigenvalue weighted by Gasteiger charge is -2.07. The van der Waals surface area contributed by atoms with Gasteiger partial charge in [0, 0.05) is 23.5 Å². The number of nitrogens with zero attached hydrogens (tertiary/aromatic N) is 2. The van der Waals surface area contributed by atoms with Gasteiger partial charge in [-0.05, 0) is 19.1 Å². The number of hydrogen-bond donors (Lipinski definition) is 0. The van der Waals surface area contributed by atoms with Crippen LogP contribution in [0.3, 0.4) is 0 Å². The van der Waals surface area contributed by atoms with Crippen LogP contribution in [0.1, 0.15) is 5.69 Å². The molecule has 0 N–H and O–H groups in total. The molecule has 0 amide bonds. The van der Waals surface area contributed by atoms with Gasteiger partial charge in [-0.25, -0.2) is 0 Å². The van der Waals surface area contributed by atoms with Gasteiger partial charge in [-0.1, -0.05) is 11.6 Å². The highest BCUT2D eigenvalue weighted by molar-refractivity contribution is 6.33. The van der Waals surface area contributed by atoms with Gasteiger partial charge in [0.25, 0.3) is 0 Å². The van der Waals surface area contributed by atoms with Gasteiger partial charge in [0.05, 0.1) is 24.0 Å². The smallest absolute Gasteiger partial charge is 0.138 e. The fourth-order valence-corrected chi connectivity index (χ4v) is 1.72. The Hall–Kier alpha value is -1.61. The van der Waals surface area contributed by atoms with E-state index in [1.807, 2.05) is 19.1 Å². The zero-order valence-corrected chi connectivity index (χ0v) is 9.82. The molecule has 3 nitrogen and oxygen atoms in total. The van der Waals surface area contributed by atoms with Crippen LogP contribution in [0.2, 0.25) is 5.02 Å². The third kappa shape index (κ3) is 1.99. The minimum Gasteiger partial charge on any atom is -0.495 e. The molecular formula is C12H11ClN2O. The number of hydrogen-bond acceptors (Lipinski definition) is 3. The number of aryl methyl sites for hydroxylation is 1. The Bertz CT molecular complexity index is 514. The highest BCUT2D eigenvalue weighted by Gasteiger charge is 2.09. The summed E-state index contributed by atoms with van der Waals surface area (Å²) in [6.07, 6.45) is 3.39. The molecule has 0 fully saturated rings. The van der Waals surface area contributed by atoms with E-state index in [4.69, 9.17) is 16.3 Å². The SMILES string of the molecule is COc1cnc(-c2cccnc2C)c(Cl)c1. The van der Waals surface area contributed by atoms with Gasteiger partial charge in [0.1, 0.15) is 5.75 Å². The molecular weight excluding hydrogens is 224 g/mol. The molecule has 82 valence electrons. The van der Waals surface area contributed by atoms with E-state index in [1.165, 1.54) is 0 Å². The van der Waals surface area contributed by atoms with E-state index in [0.717, 1.165) is 17.0 Å². The topological polar surface area (TPSA) is 35.0 Å². The number of halogens is 1. The lowest BCUT2D eigenvalue weighted by atomic mass is 10.1. The molecule has 2 aromatic heterocycles. The molecule has 0 aliphatic rings. The minimum atomic E-state index is 0.565. The predicted octanol–water partition coefficient (Wildman–Crippen LogP) is 3.11. The van der Waals surface area contributed by atoms with E-state index in [1.54, 1.807) is 25.6 Å². The zero-order chi connectivity index (χ0) is 11.5. The van der Waals surface area contributed by atoms with Crippen molar-refractivity contribution in [2.24, 2.45) is 0 Å². The van der Waals surface area contributed by atoms with Crippen LogP contribution in [-0.2, 0) is 0 Å². The van der Waals surface area contributed by atoms with E-state index < -0.39 is 0 Å². The maximum atomic E-state index is 6.14. The van der Waals surface area contributed by atoms with Crippen LogP contribution in [0.25, 0.3) is 11.3 Å². The summed E-state index contributed by atoms with van der Waals surface area (Å²) in [6, 6.07) is 5.56. The maximum Gasteiger partial charge on any atom is 0.138 e. The summed E-state index contributed by atoms with van der Waals surface area (Å²) in [5.41, 5.74) is 2.57. The normalized spacial score (nSPS) is 10.2. The molecule has 2 rings (SSSR count). The van der Waals surface area contributed by atoms with Crippen LogP contribution < -0.4 is 4.74 Å². The van der Waals surface area contributed by atoms with Crippen molar-refractivity contribution in [2.45, 2.75) is 6.92 Å². The van der Waals surface area contributed by atoms with Gasteiger partial charge in [-0.2, -0.15) is 0 Å². The Morgan fingerprint density at radius 1 is 1.31 bits per heavy atom. The van der Waals surface area contributed by atoms with E-state index in [0.29, 0.717) is 10.8 Å². The molecule has 0 bridgehead atoms. The van der Waals surface area contributed by atoms with E-state index in [-0.39, 0.29) is 0 Å². The fourth-order valence-electron chi connectivity index (χ4n) is 1.46. The van der Waals surface area contributed by atoms with Crippen molar-refractivity contribution in [3.8, 4) is 17.0 Å². The second-order valence-electron chi connectivity index (χ2n) is 3.34. The standard InChI is InChI=1S/C12H11ClN2O/c1-8-10(4-3-5-14-8)12-11(13)6-9(16-2)7-15-12/h3-7H,1-2H3. The van der Waals surface area contributed by atoms with E-state index in [9.17, 15) is 0 Å². The first kappa shape index (κ1) is 10.9. The number of aromatic nitrogens is 2. The van der Waals surface area contributed by atoms with Gasteiger partial charge in [0.15, 0.2) is 0 Å². The Labute approximate surface area is 99.1 Å². The molecule has 0 aliphatic carbocycles. The van der Waals surface area contributed by atoms with E-state index in [2.05, 4.69) is 9.97 Å². The Morgan fingerprint density at radius 2 is 2.12 bits per heavy atom. The quantitative estimate of drug-likeness (QED) is 0.801. The van der Waals surface area contributed by atoms with Crippen molar-refractivity contribution >= 4 is 11.6 Å². The molecule has 0 aliphatic heterocycles. The van der Waals surface area contributed by atoms with Crippen LogP contribution in [0.4, 0.5) is 0 Å². The summed E-state index contributed by atoms with van der Waals surface area (Å²) >= 11 is 6.14. The van der Waals surface area contributed by atoms with Crippen molar-refractivity contribution in [1.82, 2.24) is 9.97 Å². The third-order valence-electron chi connectivity index (χ3n) is 2.31. The van der Waals surface area contributed by atoms with Crippen molar-refractivity contribution in [2.75, 3.05) is 7.11 Å². The maximum absolute atomic E-state index is 6.14. The second kappa shape index (κ2) is 4.49. The number of rotatable bonds is 2. The Kier molecular flexibility index (Phi) is 3.06. The molecule has 0 atom stereocenters. The van der Waals surface area contributed by atoms with Gasteiger partial charge < -0.3 is 4.74 Å². The molecule has 16 heavy (non-hydrogen) atoms. The molecule has 0 radical (unpaired) electrons. The average molecular weight is 235 g/mol. The Morgan fingerprint density at radius 3 is 2.75 bits per heavy atom. The summed E-state index contributed by atoms with van der Waals surface area (Å²) in [5, 5.41) is 0.565. The van der Waals surface area contributed by atoms with E-state index >= 15 is 0 Å². The number of pyridine rings is 2. The van der Waals surface area contributed by atoms with Gasteiger partial charge in [-0.3, -0.25) is 9.97 Å². The van der Waals surface area contributed by atoms with Gasteiger partial charge >= 0.3 is 0 Å². The van der Waals surface area contributed by atoms with Crippen molar-refractivity contribution in [3.63, 3.8) is 0 Å². The summed E-state index contributed by atoms with van der Waals surface area (Å²) in [4.78, 5) is 8.49. The minimum absolute atomic E-state index is 0.565. The van der Waals surface area contributed by atoms with Gasteiger partial charge in [-0.15, -0.1) is 0 Å². The van der Waals surface area contributed by atoms with Crippen LogP contribution >= 0.6 is 11.6 Å². The van der Waals surface area contributed by atoms with Crippen LogP contribution in [0.5, 0.6) is 5.75 Å². The number of methoxy groups -OCH3 is 1. The average Bonchev–Trinajstić information content (AvgIpc) is 2.30. The summed E-state index contributed by atoms with van der Waals surface area (Å²) in [5.74, 6) is 0.648. The second-order valence-corrected chi connectivity index (χ2v) is 3.75. The van der Waals surface area contributed by atoms with Crippen LogP contribution in [0.15, 0.2) is 30.6 Å². The lowest BCUT2D eigenvalue weighted by molar-refractivity contribution is 0.413. The fraction of sp³-hybridized carbons (Fsp3) is 0.167. The molecule has 0 spiro atoms. The summed E-state index contributed by atoms with van der Waals surface area (Å²) in [7, 11) is 1.59. The van der Waals surface area contributed by atoms with Crippen LogP contribution in [-0.4, -0.2) is 17.1 Å². The molecule has 0 saturated carbocycles.